The van der Waals surface area contributed by atoms with Crippen LogP contribution in [-0.4, -0.2) is 70.6 Å². The Labute approximate surface area is 184 Å². The van der Waals surface area contributed by atoms with E-state index in [1.807, 2.05) is 6.92 Å². The van der Waals surface area contributed by atoms with E-state index >= 15 is 0 Å². The number of nitrogens with two attached hydrogens (primary N) is 1. The second-order valence-corrected chi connectivity index (χ2v) is 9.54. The number of amides is 2. The van der Waals surface area contributed by atoms with Gasteiger partial charge in [0.1, 0.15) is 12.6 Å². The zero-order chi connectivity index (χ0) is 22.4. The summed E-state index contributed by atoms with van der Waals surface area (Å²) in [7, 11) is -4.03. The molecular formula is C21H32N4O5S. The Bertz CT molecular complexity index is 897. The van der Waals surface area contributed by atoms with Crippen LogP contribution in [-0.2, 0) is 30.8 Å². The molecule has 172 valence electrons. The van der Waals surface area contributed by atoms with E-state index in [-0.39, 0.29) is 29.9 Å². The van der Waals surface area contributed by atoms with Crippen molar-refractivity contribution in [1.29, 1.82) is 0 Å². The predicted octanol–water partition coefficient (Wildman–Crippen LogP) is 0.620. The van der Waals surface area contributed by atoms with Crippen LogP contribution in [0, 0.1) is 0 Å². The maximum absolute atomic E-state index is 13.3. The maximum Gasteiger partial charge on any atom is 0.253 e. The van der Waals surface area contributed by atoms with E-state index in [4.69, 9.17) is 10.5 Å². The molecule has 2 fully saturated rings. The van der Waals surface area contributed by atoms with Crippen molar-refractivity contribution in [3.63, 3.8) is 0 Å². The Hall–Kier alpha value is -2.01. The Morgan fingerprint density at radius 3 is 2.52 bits per heavy atom. The van der Waals surface area contributed by atoms with Crippen LogP contribution >= 0.6 is 0 Å². The lowest BCUT2D eigenvalue weighted by atomic mass is 10.1. The number of rotatable bonds is 7. The van der Waals surface area contributed by atoms with Crippen molar-refractivity contribution in [3.8, 4) is 0 Å². The third-order valence-electron chi connectivity index (χ3n) is 5.78. The molecule has 0 spiro atoms. The number of carbonyl (C=O) groups is 2. The van der Waals surface area contributed by atoms with Gasteiger partial charge in [0.25, 0.3) is 5.91 Å². The van der Waals surface area contributed by atoms with Crippen LogP contribution in [0.2, 0.25) is 0 Å². The van der Waals surface area contributed by atoms with Gasteiger partial charge < -0.3 is 20.3 Å². The first kappa shape index (κ1) is 23.6. The van der Waals surface area contributed by atoms with Gasteiger partial charge in [0, 0.05) is 31.9 Å². The van der Waals surface area contributed by atoms with Crippen LogP contribution < -0.4 is 15.4 Å². The minimum Gasteiger partial charge on any atom is -0.370 e. The van der Waals surface area contributed by atoms with Gasteiger partial charge in [-0.15, -0.1) is 0 Å². The zero-order valence-corrected chi connectivity index (χ0v) is 18.8. The Kier molecular flexibility index (Phi) is 8.04. The molecule has 0 unspecified atom stereocenters. The SMILES string of the molecule is CCc1c(N2CCOCC2=O)cccc1S(=O)(=O)N[C@@H](CN)C(=O)N1CCCCCC1. The summed E-state index contributed by atoms with van der Waals surface area (Å²) in [4.78, 5) is 28.6. The number of hydrogen-bond donors (Lipinski definition) is 2. The van der Waals surface area contributed by atoms with Crippen LogP contribution in [0.15, 0.2) is 23.1 Å². The van der Waals surface area contributed by atoms with Crippen molar-refractivity contribution >= 4 is 27.5 Å². The summed E-state index contributed by atoms with van der Waals surface area (Å²) in [6.45, 7) is 3.67. The average molecular weight is 453 g/mol. The number of morpholine rings is 1. The van der Waals surface area contributed by atoms with E-state index in [2.05, 4.69) is 4.72 Å². The van der Waals surface area contributed by atoms with Crippen molar-refractivity contribution in [1.82, 2.24) is 9.62 Å². The fourth-order valence-corrected chi connectivity index (χ4v) is 5.68. The van der Waals surface area contributed by atoms with E-state index in [1.54, 1.807) is 21.9 Å². The Balaban J connectivity index is 1.87. The summed E-state index contributed by atoms with van der Waals surface area (Å²) in [6, 6.07) is 3.82. The summed E-state index contributed by atoms with van der Waals surface area (Å²) in [6.07, 6.45) is 4.35. The molecule has 2 heterocycles. The summed E-state index contributed by atoms with van der Waals surface area (Å²) < 4.78 is 34.3. The number of nitrogens with zero attached hydrogens (tertiary/aromatic N) is 2. The second kappa shape index (κ2) is 10.5. The quantitative estimate of drug-likeness (QED) is 0.625. The number of carbonyl (C=O) groups excluding carboxylic acids is 2. The fraction of sp³-hybridized carbons (Fsp3) is 0.619. The second-order valence-electron chi connectivity index (χ2n) is 7.85. The van der Waals surface area contributed by atoms with Crippen LogP contribution in [0.5, 0.6) is 0 Å². The molecule has 10 heteroatoms. The first-order valence-corrected chi connectivity index (χ1v) is 12.4. The van der Waals surface area contributed by atoms with Gasteiger partial charge in [0.15, 0.2) is 0 Å². The highest BCUT2D eigenvalue weighted by Gasteiger charge is 2.31. The molecule has 3 rings (SSSR count). The minimum absolute atomic E-state index is 0.0298. The maximum atomic E-state index is 13.3. The van der Waals surface area contributed by atoms with Crippen LogP contribution in [0.4, 0.5) is 5.69 Å². The third-order valence-corrected chi connectivity index (χ3v) is 7.33. The largest absolute Gasteiger partial charge is 0.370 e. The molecule has 31 heavy (non-hydrogen) atoms. The Morgan fingerprint density at radius 2 is 1.90 bits per heavy atom. The number of anilines is 1. The van der Waals surface area contributed by atoms with E-state index in [1.165, 1.54) is 6.07 Å². The molecule has 1 aromatic rings. The molecule has 0 radical (unpaired) electrons. The molecule has 1 aromatic carbocycles. The average Bonchev–Trinajstić information content (AvgIpc) is 3.06. The van der Waals surface area contributed by atoms with Crippen molar-refractivity contribution < 1.29 is 22.7 Å². The fourth-order valence-electron chi connectivity index (χ4n) is 4.15. The third kappa shape index (κ3) is 5.43. The van der Waals surface area contributed by atoms with Gasteiger partial charge in [-0.1, -0.05) is 25.8 Å². The standard InChI is InChI=1S/C21H32N4O5S/c1-2-16-18(25-12-13-30-15-20(25)26)8-7-9-19(16)31(28,29)23-17(14-22)21(27)24-10-5-3-4-6-11-24/h7-9,17,23H,2-6,10-15,22H2,1H3/t17-/m0/s1. The van der Waals surface area contributed by atoms with E-state index < -0.39 is 16.1 Å². The minimum atomic E-state index is -4.03. The zero-order valence-electron chi connectivity index (χ0n) is 18.0. The molecule has 9 nitrogen and oxygen atoms in total. The highest BCUT2D eigenvalue weighted by molar-refractivity contribution is 7.89. The van der Waals surface area contributed by atoms with Crippen LogP contribution in [0.3, 0.4) is 0 Å². The van der Waals surface area contributed by atoms with Gasteiger partial charge in [0.2, 0.25) is 15.9 Å². The van der Waals surface area contributed by atoms with Gasteiger partial charge in [-0.3, -0.25) is 9.59 Å². The molecule has 2 saturated heterocycles. The first-order valence-electron chi connectivity index (χ1n) is 10.9. The molecule has 3 N–H and O–H groups in total. The highest BCUT2D eigenvalue weighted by Crippen LogP contribution is 2.29. The smallest absolute Gasteiger partial charge is 0.253 e. The van der Waals surface area contributed by atoms with Crippen molar-refractivity contribution in [3.05, 3.63) is 23.8 Å². The van der Waals surface area contributed by atoms with Crippen molar-refractivity contribution in [2.75, 3.05) is 44.3 Å². The molecule has 2 aliphatic heterocycles. The molecule has 2 aliphatic rings. The molecule has 0 aliphatic carbocycles. The van der Waals surface area contributed by atoms with E-state index in [9.17, 15) is 18.0 Å². The van der Waals surface area contributed by atoms with Gasteiger partial charge >= 0.3 is 0 Å². The topological polar surface area (TPSA) is 122 Å². The number of likely N-dealkylation sites (tertiary alicyclic amines) is 1. The summed E-state index contributed by atoms with van der Waals surface area (Å²) in [5, 5.41) is 0. The van der Waals surface area contributed by atoms with Gasteiger partial charge in [0.05, 0.1) is 11.5 Å². The highest BCUT2D eigenvalue weighted by atomic mass is 32.2. The van der Waals surface area contributed by atoms with E-state index in [0.717, 1.165) is 25.7 Å². The van der Waals surface area contributed by atoms with Gasteiger partial charge in [-0.2, -0.15) is 4.72 Å². The number of benzene rings is 1. The first-order chi connectivity index (χ1) is 14.9. The lowest BCUT2D eigenvalue weighted by Crippen LogP contribution is -2.52. The van der Waals surface area contributed by atoms with Crippen molar-refractivity contribution in [2.45, 2.75) is 50.0 Å². The van der Waals surface area contributed by atoms with Gasteiger partial charge in [-0.05, 0) is 37.0 Å². The normalized spacial score (nSPS) is 19.2. The summed E-state index contributed by atoms with van der Waals surface area (Å²) in [5.41, 5.74) is 6.89. The molecule has 0 saturated carbocycles. The molecule has 1 atom stereocenters. The van der Waals surface area contributed by atoms with Crippen molar-refractivity contribution in [2.24, 2.45) is 5.73 Å². The molecular weight excluding hydrogens is 420 g/mol. The number of hydrogen-bond acceptors (Lipinski definition) is 6. The Morgan fingerprint density at radius 1 is 1.19 bits per heavy atom. The van der Waals surface area contributed by atoms with Crippen LogP contribution in [0.1, 0.15) is 38.2 Å². The number of nitrogens with one attached hydrogen (secondary N) is 1. The van der Waals surface area contributed by atoms with Crippen LogP contribution in [0.25, 0.3) is 0 Å². The molecule has 0 aromatic heterocycles. The molecule has 0 bridgehead atoms. The predicted molar refractivity (Wildman–Crippen MR) is 117 cm³/mol. The number of sulfonamides is 1. The van der Waals surface area contributed by atoms with E-state index in [0.29, 0.717) is 43.9 Å². The number of ether oxygens (including phenoxy) is 1. The summed E-state index contributed by atoms with van der Waals surface area (Å²) in [5.74, 6) is -0.495. The molecule has 2 amide bonds. The van der Waals surface area contributed by atoms with Gasteiger partial charge in [-0.25, -0.2) is 8.42 Å². The monoisotopic (exact) mass is 452 g/mol. The lowest BCUT2D eigenvalue weighted by molar-refractivity contribution is -0.132. The summed E-state index contributed by atoms with van der Waals surface area (Å²) >= 11 is 0. The lowest BCUT2D eigenvalue weighted by Gasteiger charge is -2.30.